The Labute approximate surface area is 495 Å². The molecule has 0 aliphatic heterocycles. The van der Waals surface area contributed by atoms with Crippen molar-refractivity contribution in [3.05, 3.63) is 276 Å². The van der Waals surface area contributed by atoms with E-state index in [0.29, 0.717) is 0 Å². The molecule has 0 radical (unpaired) electrons. The van der Waals surface area contributed by atoms with Crippen molar-refractivity contribution in [2.75, 3.05) is 0 Å². The number of rotatable bonds is 10. The van der Waals surface area contributed by atoms with E-state index in [1.807, 2.05) is 0 Å². The third-order valence-corrected chi connectivity index (χ3v) is 37.1. The topological polar surface area (TPSA) is 0 Å². The van der Waals surface area contributed by atoms with Gasteiger partial charge in [-0.05, 0) is 0 Å². The molecule has 0 fully saturated rings. The zero-order valence-corrected chi connectivity index (χ0v) is 52.3. The van der Waals surface area contributed by atoms with Crippen LogP contribution >= 0.6 is 0 Å². The van der Waals surface area contributed by atoms with E-state index in [2.05, 4.69) is 285 Å². The van der Waals surface area contributed by atoms with Crippen molar-refractivity contribution in [1.82, 2.24) is 0 Å². The van der Waals surface area contributed by atoms with Gasteiger partial charge >= 0.3 is 499 Å². The summed E-state index contributed by atoms with van der Waals surface area (Å²) in [5.41, 5.74) is 20.1. The third-order valence-electron chi connectivity index (χ3n) is 19.7. The molecule has 0 aromatic heterocycles. The van der Waals surface area contributed by atoms with E-state index in [1.165, 1.54) is 142 Å². The summed E-state index contributed by atoms with van der Waals surface area (Å²) in [7, 11) is 0. The predicted molar refractivity (Wildman–Crippen MR) is 366 cm³/mol. The van der Waals surface area contributed by atoms with E-state index in [1.54, 1.807) is 22.3 Å². The molecule has 14 aromatic carbocycles. The van der Waals surface area contributed by atoms with Crippen LogP contribution in [0.15, 0.2) is 254 Å². The van der Waals surface area contributed by atoms with Crippen molar-refractivity contribution in [2.45, 2.75) is 56.0 Å². The van der Waals surface area contributed by atoms with Gasteiger partial charge in [0, 0.05) is 0 Å². The predicted octanol–water partition coefficient (Wildman–Crippen LogP) is 23.1. The first-order valence-electron chi connectivity index (χ1n) is 30.6. The minimum absolute atomic E-state index is 0.226. The Morgan fingerprint density at radius 3 is 0.750 bits per heavy atom. The molecule has 2 heteroatoms. The summed E-state index contributed by atoms with van der Waals surface area (Å²) < 4.78 is 6.29. The third kappa shape index (κ3) is 7.79. The summed E-state index contributed by atoms with van der Waals surface area (Å²) in [6.45, 7) is 7.38. The van der Waals surface area contributed by atoms with Gasteiger partial charge in [0.2, 0.25) is 0 Å². The molecule has 0 spiro atoms. The van der Waals surface area contributed by atoms with Crippen molar-refractivity contribution < 1.29 is 17.4 Å². The Balaban J connectivity index is 1.06. The second-order valence-electron chi connectivity index (χ2n) is 25.5. The second-order valence-corrected chi connectivity index (χ2v) is 56.0. The zero-order valence-electron chi connectivity index (χ0n) is 48.4. The average molecular weight is 1170 g/mol. The summed E-state index contributed by atoms with van der Waals surface area (Å²) in [5, 5.41) is 20.8. The summed E-state index contributed by atoms with van der Waals surface area (Å²) in [4.78, 5) is 0. The molecule has 84 heavy (non-hydrogen) atoms. The molecule has 0 saturated heterocycles. The molecule has 0 N–H and O–H groups in total. The van der Waals surface area contributed by atoms with Crippen LogP contribution in [0.25, 0.3) is 143 Å². The minimum atomic E-state index is -4.70. The number of allylic oxidation sites excluding steroid dienone is 2. The average Bonchev–Trinajstić information content (AvgIpc) is 1.47. The standard InChI is InChI=1S/2C40H29.2CH3.H2Si.Zr/c2*1-2-11-26-22-37-35(39-31-16-7-3-12-27(31)24-28-13-4-8-17-32(28)39)20-21-36(38(37)23-26)40-33-18-9-5-14-29(33)25-30-15-6-10-19-34(30)40;;;;/h2*3-10,12-25H,2,11H2,1H3;2*1H3;1H2;. The van der Waals surface area contributed by atoms with E-state index in [0.717, 1.165) is 25.7 Å². The van der Waals surface area contributed by atoms with Crippen LogP contribution in [0.5, 0.6) is 0 Å². The van der Waals surface area contributed by atoms with E-state index in [4.69, 9.17) is 0 Å². The second kappa shape index (κ2) is 19.7. The van der Waals surface area contributed by atoms with Gasteiger partial charge in [-0.1, -0.05) is 0 Å². The SMILES string of the molecule is CCCC1=Cc2c(-c3c4ccccc4cc4ccccc34)ccc(-c3c4ccccc4cc4ccccc34)c2[CH]1[Zr]([CH3])([CH3])(=[SiH2])[CH]1C(CCC)=Cc2c(-c3c4ccccc4cc4ccccc34)ccc(-c3c4ccccc4cc4ccccc34)c21. The Morgan fingerprint density at radius 1 is 0.298 bits per heavy atom. The molecule has 0 nitrogen and oxygen atoms in total. The van der Waals surface area contributed by atoms with Gasteiger partial charge in [0.25, 0.3) is 0 Å². The number of hydrogen-bond donors (Lipinski definition) is 0. The van der Waals surface area contributed by atoms with E-state index < -0.39 is 17.4 Å². The van der Waals surface area contributed by atoms with Crippen molar-refractivity contribution in [2.24, 2.45) is 0 Å². The van der Waals surface area contributed by atoms with Crippen LogP contribution in [0.4, 0.5) is 0 Å². The molecule has 402 valence electrons. The molecular weight excluding hydrogens is 1100 g/mol. The molecular formula is C82H66SiZr. The van der Waals surface area contributed by atoms with Gasteiger partial charge in [-0.3, -0.25) is 0 Å². The van der Waals surface area contributed by atoms with Crippen LogP contribution in [0.3, 0.4) is 0 Å². The van der Waals surface area contributed by atoms with Crippen LogP contribution in [0.1, 0.15) is 69.0 Å². The van der Waals surface area contributed by atoms with Crippen molar-refractivity contribution in [3.63, 3.8) is 0 Å². The maximum atomic E-state index is 2.92. The van der Waals surface area contributed by atoms with E-state index >= 15 is 0 Å². The fraction of sp³-hybridized carbons (Fsp3) is 0.122. The van der Waals surface area contributed by atoms with E-state index in [9.17, 15) is 0 Å². The van der Waals surface area contributed by atoms with Crippen LogP contribution in [0.2, 0.25) is 9.26 Å². The molecule has 2 unspecified atom stereocenters. The normalized spacial score (nSPS) is 15.2. The van der Waals surface area contributed by atoms with Gasteiger partial charge in [0.05, 0.1) is 0 Å². The Hall–Kier alpha value is -8.26. The summed E-state index contributed by atoms with van der Waals surface area (Å²) >= 11 is -4.70. The van der Waals surface area contributed by atoms with Gasteiger partial charge in [-0.15, -0.1) is 0 Å². The van der Waals surface area contributed by atoms with Crippen LogP contribution < -0.4 is 0 Å². The van der Waals surface area contributed by atoms with Gasteiger partial charge in [0.15, 0.2) is 0 Å². The molecule has 2 atom stereocenters. The Bertz CT molecular complexity index is 4740. The monoisotopic (exact) mass is 1170 g/mol. The fourth-order valence-electron chi connectivity index (χ4n) is 16.5. The molecule has 2 aliphatic carbocycles. The Morgan fingerprint density at radius 2 is 0.512 bits per heavy atom. The number of hydrogen-bond acceptors (Lipinski definition) is 0. The molecule has 2 aliphatic rings. The van der Waals surface area contributed by atoms with E-state index in [-0.39, 0.29) is 7.25 Å². The fourth-order valence-corrected chi connectivity index (χ4v) is 36.2. The summed E-state index contributed by atoms with van der Waals surface area (Å²) in [5.74, 6) is 0. The van der Waals surface area contributed by atoms with Crippen molar-refractivity contribution in [3.8, 4) is 44.5 Å². The first-order chi connectivity index (χ1) is 41.2. The number of fused-ring (bicyclic) bond motifs is 10. The molecule has 0 amide bonds. The quantitative estimate of drug-likeness (QED) is 0.0946. The van der Waals surface area contributed by atoms with Gasteiger partial charge in [0.1, 0.15) is 0 Å². The molecule has 16 rings (SSSR count). The van der Waals surface area contributed by atoms with Crippen LogP contribution in [-0.2, 0) is 17.4 Å². The van der Waals surface area contributed by atoms with Gasteiger partial charge < -0.3 is 0 Å². The summed E-state index contributed by atoms with van der Waals surface area (Å²) in [6, 6.07) is 93.2. The van der Waals surface area contributed by atoms with Gasteiger partial charge in [-0.2, -0.15) is 0 Å². The van der Waals surface area contributed by atoms with Crippen molar-refractivity contribution in [1.29, 1.82) is 0 Å². The molecule has 0 bridgehead atoms. The number of benzene rings is 14. The maximum absolute atomic E-state index is 4.70. The first-order valence-corrected chi connectivity index (χ1v) is 44.3. The first kappa shape index (κ1) is 51.4. The Kier molecular flexibility index (Phi) is 12.0. The summed E-state index contributed by atoms with van der Waals surface area (Å²) in [6.07, 6.45) is 9.77. The van der Waals surface area contributed by atoms with Crippen LogP contribution in [0, 0.1) is 0 Å². The van der Waals surface area contributed by atoms with Crippen molar-refractivity contribution >= 4 is 105 Å². The van der Waals surface area contributed by atoms with Gasteiger partial charge in [-0.25, -0.2) is 0 Å². The molecule has 0 saturated carbocycles. The van der Waals surface area contributed by atoms with Crippen LogP contribution in [-0.4, -0.2) is 6.88 Å². The molecule has 14 aromatic rings. The molecule has 0 heterocycles. The zero-order chi connectivity index (χ0) is 56.4.